The first kappa shape index (κ1) is 23.8. The van der Waals surface area contributed by atoms with E-state index in [2.05, 4.69) is 22.3 Å². The largest absolute Gasteiger partial charge is 0.360 e. The molecule has 1 amide bonds. The summed E-state index contributed by atoms with van der Waals surface area (Å²) in [6, 6.07) is 20.0. The molecule has 0 bridgehead atoms. The second-order valence-electron chi connectivity index (χ2n) is 9.19. The van der Waals surface area contributed by atoms with Gasteiger partial charge in [0.05, 0.1) is 16.6 Å². The highest BCUT2D eigenvalue weighted by Gasteiger charge is 2.37. The third-order valence-electron chi connectivity index (χ3n) is 6.98. The van der Waals surface area contributed by atoms with Crippen molar-refractivity contribution in [1.29, 1.82) is 0 Å². The molecule has 1 unspecified atom stereocenters. The zero-order valence-electron chi connectivity index (χ0n) is 19.9. The van der Waals surface area contributed by atoms with E-state index in [4.69, 9.17) is 27.7 Å². The monoisotopic (exact) mass is 533 g/mol. The lowest BCUT2D eigenvalue weighted by atomic mass is 9.97. The molecule has 5 nitrogen and oxygen atoms in total. The van der Waals surface area contributed by atoms with Crippen LogP contribution in [0.5, 0.6) is 0 Å². The maximum Gasteiger partial charge on any atom is 0.260 e. The number of hydrogen-bond donors (Lipinski definition) is 1. The molecule has 5 aromatic rings. The Hall–Kier alpha value is -3.61. The average molecular weight is 534 g/mol. The molecule has 1 aliphatic rings. The Morgan fingerprint density at radius 2 is 1.89 bits per heavy atom. The van der Waals surface area contributed by atoms with Gasteiger partial charge in [0, 0.05) is 33.7 Å². The van der Waals surface area contributed by atoms with Gasteiger partial charge in [-0.15, -0.1) is 0 Å². The minimum absolute atomic E-state index is 0.0605. The summed E-state index contributed by atoms with van der Waals surface area (Å²) in [7, 11) is 0. The van der Waals surface area contributed by atoms with Crippen molar-refractivity contribution in [2.24, 2.45) is 0 Å². The summed E-state index contributed by atoms with van der Waals surface area (Å²) in [6.45, 7) is 2.20. The molecule has 0 spiro atoms. The van der Waals surface area contributed by atoms with Crippen LogP contribution in [0, 0.1) is 12.7 Å². The summed E-state index contributed by atoms with van der Waals surface area (Å²) < 4.78 is 20.2. The van der Waals surface area contributed by atoms with Gasteiger partial charge in [-0.25, -0.2) is 4.39 Å². The van der Waals surface area contributed by atoms with E-state index in [9.17, 15) is 9.18 Å². The molecule has 3 heterocycles. The van der Waals surface area contributed by atoms with E-state index in [-0.39, 0.29) is 33.8 Å². The van der Waals surface area contributed by atoms with E-state index in [1.807, 2.05) is 41.3 Å². The van der Waals surface area contributed by atoms with E-state index in [1.54, 1.807) is 13.0 Å². The number of carbonyl (C=O) groups excluding carboxylic acids is 1. The maximum absolute atomic E-state index is 14.8. The van der Waals surface area contributed by atoms with Crippen LogP contribution < -0.4 is 0 Å². The summed E-state index contributed by atoms with van der Waals surface area (Å²) in [5.41, 5.74) is 4.33. The minimum atomic E-state index is -0.563. The van der Waals surface area contributed by atoms with Crippen LogP contribution in [-0.4, -0.2) is 27.5 Å². The van der Waals surface area contributed by atoms with Gasteiger partial charge in [-0.3, -0.25) is 4.79 Å². The lowest BCUT2D eigenvalue weighted by Crippen LogP contribution is -2.31. The third kappa shape index (κ3) is 4.01. The number of nitrogens with one attached hydrogen (secondary N) is 1. The van der Waals surface area contributed by atoms with Crippen molar-refractivity contribution in [1.82, 2.24) is 15.0 Å². The smallest absolute Gasteiger partial charge is 0.260 e. The highest BCUT2D eigenvalue weighted by atomic mass is 35.5. The summed E-state index contributed by atoms with van der Waals surface area (Å²) in [6.07, 6.45) is 1.59. The van der Waals surface area contributed by atoms with Crippen molar-refractivity contribution >= 4 is 40.0 Å². The Morgan fingerprint density at radius 1 is 1.08 bits per heavy atom. The molecule has 2 aromatic heterocycles. The Morgan fingerprint density at radius 3 is 2.68 bits per heavy atom. The van der Waals surface area contributed by atoms with Crippen LogP contribution in [-0.2, 0) is 0 Å². The molecule has 1 N–H and O–H groups in total. The van der Waals surface area contributed by atoms with Crippen LogP contribution in [0.4, 0.5) is 4.39 Å². The Bertz CT molecular complexity index is 1620. The fraction of sp³-hybridized carbons (Fsp3) is 0.172. The highest BCUT2D eigenvalue weighted by Crippen LogP contribution is 2.43. The number of fused-ring (bicyclic) bond motifs is 1. The third-order valence-corrected chi connectivity index (χ3v) is 7.53. The number of carbonyl (C=O) groups is 1. The molecule has 1 fully saturated rings. The number of aryl methyl sites for hydroxylation is 1. The number of H-pyrrole nitrogens is 1. The predicted molar refractivity (Wildman–Crippen MR) is 143 cm³/mol. The van der Waals surface area contributed by atoms with Gasteiger partial charge in [0.1, 0.15) is 22.8 Å². The second-order valence-corrected chi connectivity index (χ2v) is 10.0. The standard InChI is InChI=1S/C29H22Cl2FN3O2/c1-16-24(28(34-37-16)26-20(31)9-5-10-21(26)32)29(36)35-14-6-11-23(35)27-25(17-7-3-2-4-8-17)19-15-18(30)12-13-22(19)33-27/h2-5,7-10,12-13,15,23,33H,6,11,14H2,1H3. The normalized spacial score (nSPS) is 15.6. The molecule has 1 saturated heterocycles. The Labute approximate surface area is 222 Å². The summed E-state index contributed by atoms with van der Waals surface area (Å²) in [5.74, 6) is -0.519. The SMILES string of the molecule is Cc1onc(-c2c(F)cccc2Cl)c1C(=O)N1CCCC1c1[nH]c2ccc(Cl)cc2c1-c1ccccc1. The van der Waals surface area contributed by atoms with Crippen molar-refractivity contribution in [3.8, 4) is 22.4 Å². The number of aromatic nitrogens is 2. The molecule has 0 saturated carbocycles. The number of hydrogen-bond acceptors (Lipinski definition) is 3. The number of halogens is 3. The van der Waals surface area contributed by atoms with Crippen LogP contribution in [0.25, 0.3) is 33.3 Å². The zero-order chi connectivity index (χ0) is 25.7. The Kier molecular flexibility index (Phi) is 6.01. The lowest BCUT2D eigenvalue weighted by Gasteiger charge is -2.25. The predicted octanol–water partition coefficient (Wildman–Crippen LogP) is 8.22. The molecular weight excluding hydrogens is 512 g/mol. The van der Waals surface area contributed by atoms with E-state index in [1.165, 1.54) is 12.1 Å². The van der Waals surface area contributed by atoms with Gasteiger partial charge in [0.25, 0.3) is 5.91 Å². The van der Waals surface area contributed by atoms with Crippen LogP contribution in [0.3, 0.4) is 0 Å². The molecule has 8 heteroatoms. The first-order valence-corrected chi connectivity index (χ1v) is 12.8. The molecule has 37 heavy (non-hydrogen) atoms. The van der Waals surface area contributed by atoms with Crippen LogP contribution >= 0.6 is 23.2 Å². The summed E-state index contributed by atoms with van der Waals surface area (Å²) >= 11 is 12.7. The van der Waals surface area contributed by atoms with Crippen LogP contribution in [0.1, 0.15) is 40.7 Å². The number of rotatable bonds is 4. The quantitative estimate of drug-likeness (QED) is 0.253. The molecular formula is C29H22Cl2FN3O2. The van der Waals surface area contributed by atoms with Crippen molar-refractivity contribution < 1.29 is 13.7 Å². The van der Waals surface area contributed by atoms with E-state index < -0.39 is 5.82 Å². The summed E-state index contributed by atoms with van der Waals surface area (Å²) in [4.78, 5) is 19.5. The fourth-order valence-corrected chi connectivity index (χ4v) is 5.75. The van der Waals surface area contributed by atoms with E-state index >= 15 is 0 Å². The first-order chi connectivity index (χ1) is 17.9. The molecule has 186 valence electrons. The average Bonchev–Trinajstić information content (AvgIpc) is 3.61. The molecule has 1 aliphatic heterocycles. The van der Waals surface area contributed by atoms with Crippen molar-refractivity contribution in [2.45, 2.75) is 25.8 Å². The molecule has 1 atom stereocenters. The van der Waals surface area contributed by atoms with Gasteiger partial charge >= 0.3 is 0 Å². The first-order valence-electron chi connectivity index (χ1n) is 12.0. The molecule has 0 radical (unpaired) electrons. The van der Waals surface area contributed by atoms with Crippen molar-refractivity contribution in [3.63, 3.8) is 0 Å². The van der Waals surface area contributed by atoms with E-state index in [0.717, 1.165) is 40.6 Å². The van der Waals surface area contributed by atoms with Gasteiger partial charge in [0.15, 0.2) is 0 Å². The van der Waals surface area contributed by atoms with Gasteiger partial charge < -0.3 is 14.4 Å². The van der Waals surface area contributed by atoms with Crippen LogP contribution in [0.2, 0.25) is 10.0 Å². The summed E-state index contributed by atoms with van der Waals surface area (Å²) in [5, 5.41) is 5.84. The van der Waals surface area contributed by atoms with Gasteiger partial charge in [-0.05, 0) is 55.7 Å². The maximum atomic E-state index is 14.8. The van der Waals surface area contributed by atoms with Crippen LogP contribution in [0.15, 0.2) is 71.3 Å². The number of likely N-dealkylation sites (tertiary alicyclic amines) is 1. The van der Waals surface area contributed by atoms with Gasteiger partial charge in [0.2, 0.25) is 0 Å². The number of nitrogens with zero attached hydrogens (tertiary/aromatic N) is 2. The molecule has 0 aliphatic carbocycles. The molecule has 3 aromatic carbocycles. The topological polar surface area (TPSA) is 62.1 Å². The van der Waals surface area contributed by atoms with Crippen molar-refractivity contribution in [2.75, 3.05) is 6.54 Å². The van der Waals surface area contributed by atoms with E-state index in [0.29, 0.717) is 17.3 Å². The second kappa shape index (κ2) is 9.36. The van der Waals surface area contributed by atoms with Gasteiger partial charge in [-0.2, -0.15) is 0 Å². The number of amides is 1. The fourth-order valence-electron chi connectivity index (χ4n) is 5.32. The Balaban J connectivity index is 1.48. The lowest BCUT2D eigenvalue weighted by molar-refractivity contribution is 0.0732. The zero-order valence-corrected chi connectivity index (χ0v) is 21.4. The number of benzene rings is 3. The minimum Gasteiger partial charge on any atom is -0.360 e. The molecule has 6 rings (SSSR count). The highest BCUT2D eigenvalue weighted by molar-refractivity contribution is 6.33. The number of aromatic amines is 1. The van der Waals surface area contributed by atoms with Crippen molar-refractivity contribution in [3.05, 3.63) is 99.6 Å². The van der Waals surface area contributed by atoms with Gasteiger partial charge in [-0.1, -0.05) is 64.8 Å².